The average Bonchev–Trinajstić information content (AvgIpc) is 2.96. The molecule has 0 radical (unpaired) electrons. The number of amides is 1. The van der Waals surface area contributed by atoms with Gasteiger partial charge in [0.05, 0.1) is 17.8 Å². The van der Waals surface area contributed by atoms with Crippen molar-refractivity contribution in [1.29, 1.82) is 0 Å². The van der Waals surface area contributed by atoms with Crippen molar-refractivity contribution in [3.8, 4) is 0 Å². The van der Waals surface area contributed by atoms with Crippen LogP contribution in [0.15, 0.2) is 53.7 Å². The molecule has 5 nitrogen and oxygen atoms in total. The normalized spacial score (nSPS) is 15.0. The minimum absolute atomic E-state index is 0.0596. The molecule has 1 aliphatic rings. The fraction of sp³-hybridized carbons (Fsp3) is 0.250. The lowest BCUT2D eigenvalue weighted by molar-refractivity contribution is -0.143. The first-order valence-electron chi connectivity index (χ1n) is 8.72. The molecule has 0 bridgehead atoms. The van der Waals surface area contributed by atoms with Crippen LogP contribution in [0, 0.1) is 0 Å². The zero-order chi connectivity index (χ0) is 21.0. The number of nitrogens with zero attached hydrogens (tertiary/aromatic N) is 2. The highest BCUT2D eigenvalue weighted by molar-refractivity contribution is 6.54. The second kappa shape index (κ2) is 8.65. The number of carbonyl (C=O) groups is 2. The standard InChI is InChI=1S/C20H16ClF3N2O3/c21-10-4-9-17(27)29-25-18-15-7-1-2-8-16(15)26(19(18)28)12-13-5-3-6-14(11-13)20(22,23)24/h1-3,5-8,11H,4,9-10,12H2. The first kappa shape index (κ1) is 20.9. The maximum Gasteiger partial charge on any atom is 0.416 e. The van der Waals surface area contributed by atoms with Crippen molar-refractivity contribution in [3.63, 3.8) is 0 Å². The van der Waals surface area contributed by atoms with Crippen LogP contribution in [0.5, 0.6) is 0 Å². The first-order chi connectivity index (χ1) is 13.8. The Labute approximate surface area is 169 Å². The lowest BCUT2D eigenvalue weighted by Gasteiger charge is -2.17. The Balaban J connectivity index is 1.86. The monoisotopic (exact) mass is 424 g/mol. The molecule has 152 valence electrons. The van der Waals surface area contributed by atoms with E-state index in [2.05, 4.69) is 5.16 Å². The number of anilines is 1. The molecular weight excluding hydrogens is 409 g/mol. The van der Waals surface area contributed by atoms with E-state index in [-0.39, 0.29) is 24.6 Å². The van der Waals surface area contributed by atoms with E-state index in [1.165, 1.54) is 17.0 Å². The highest BCUT2D eigenvalue weighted by Crippen LogP contribution is 2.33. The van der Waals surface area contributed by atoms with Crippen molar-refractivity contribution in [2.75, 3.05) is 10.8 Å². The second-order valence-corrected chi connectivity index (χ2v) is 6.68. The van der Waals surface area contributed by atoms with Gasteiger partial charge in [0, 0.05) is 17.9 Å². The highest BCUT2D eigenvalue weighted by atomic mass is 35.5. The molecule has 0 aromatic heterocycles. The van der Waals surface area contributed by atoms with Crippen LogP contribution >= 0.6 is 11.6 Å². The third-order valence-electron chi connectivity index (χ3n) is 4.25. The molecule has 0 aliphatic carbocycles. The SMILES string of the molecule is O=C(CCCCl)ON=C1C(=O)N(Cc2cccc(C(F)(F)F)c2)c2ccccc21. The van der Waals surface area contributed by atoms with Gasteiger partial charge in [0.1, 0.15) is 0 Å². The van der Waals surface area contributed by atoms with Crippen molar-refractivity contribution >= 4 is 34.9 Å². The third kappa shape index (κ3) is 4.76. The van der Waals surface area contributed by atoms with Crippen LogP contribution in [-0.4, -0.2) is 23.5 Å². The predicted octanol–water partition coefficient (Wildman–Crippen LogP) is 4.52. The Kier molecular flexibility index (Phi) is 6.22. The summed E-state index contributed by atoms with van der Waals surface area (Å²) in [7, 11) is 0. The zero-order valence-electron chi connectivity index (χ0n) is 15.1. The molecule has 0 spiro atoms. The van der Waals surface area contributed by atoms with Gasteiger partial charge in [-0.05, 0) is 30.2 Å². The van der Waals surface area contributed by atoms with E-state index in [9.17, 15) is 22.8 Å². The zero-order valence-corrected chi connectivity index (χ0v) is 15.8. The topological polar surface area (TPSA) is 59.0 Å². The molecular formula is C20H16ClF3N2O3. The van der Waals surface area contributed by atoms with Gasteiger partial charge >= 0.3 is 12.1 Å². The highest BCUT2D eigenvalue weighted by Gasteiger charge is 2.35. The van der Waals surface area contributed by atoms with Crippen LogP contribution < -0.4 is 4.90 Å². The molecule has 29 heavy (non-hydrogen) atoms. The number of hydrogen-bond donors (Lipinski definition) is 0. The van der Waals surface area contributed by atoms with Crippen molar-refractivity contribution in [3.05, 3.63) is 65.2 Å². The molecule has 9 heteroatoms. The number of oxime groups is 1. The van der Waals surface area contributed by atoms with Gasteiger partial charge in [-0.25, -0.2) is 4.79 Å². The Morgan fingerprint density at radius 2 is 1.90 bits per heavy atom. The molecule has 1 aliphatic heterocycles. The van der Waals surface area contributed by atoms with E-state index >= 15 is 0 Å². The molecule has 0 saturated heterocycles. The van der Waals surface area contributed by atoms with Crippen LogP contribution in [0.3, 0.4) is 0 Å². The quantitative estimate of drug-likeness (QED) is 0.389. The van der Waals surface area contributed by atoms with Gasteiger partial charge < -0.3 is 9.74 Å². The summed E-state index contributed by atoms with van der Waals surface area (Å²) >= 11 is 5.52. The summed E-state index contributed by atoms with van der Waals surface area (Å²) in [4.78, 5) is 30.6. The number of halogens is 4. The summed E-state index contributed by atoms with van der Waals surface area (Å²) in [6.07, 6.45) is -4.01. The predicted molar refractivity (Wildman–Crippen MR) is 102 cm³/mol. The minimum Gasteiger partial charge on any atom is -0.317 e. The largest absolute Gasteiger partial charge is 0.416 e. The number of hydrogen-bond acceptors (Lipinski definition) is 4. The maximum absolute atomic E-state index is 13.0. The van der Waals surface area contributed by atoms with Crippen LogP contribution in [-0.2, 0) is 27.1 Å². The third-order valence-corrected chi connectivity index (χ3v) is 4.51. The van der Waals surface area contributed by atoms with E-state index in [0.717, 1.165) is 12.1 Å². The minimum atomic E-state index is -4.48. The van der Waals surface area contributed by atoms with Crippen molar-refractivity contribution in [2.24, 2.45) is 5.16 Å². The van der Waals surface area contributed by atoms with E-state index in [1.54, 1.807) is 24.3 Å². The number of fused-ring (bicyclic) bond motifs is 1. The van der Waals surface area contributed by atoms with E-state index in [4.69, 9.17) is 16.4 Å². The molecule has 2 aromatic carbocycles. The molecule has 3 rings (SSSR count). The van der Waals surface area contributed by atoms with E-state index < -0.39 is 23.6 Å². The summed E-state index contributed by atoms with van der Waals surface area (Å²) in [6.45, 7) is -0.0843. The van der Waals surface area contributed by atoms with Crippen molar-refractivity contribution < 1.29 is 27.6 Å². The lowest BCUT2D eigenvalue weighted by Crippen LogP contribution is -2.30. The molecule has 0 saturated carbocycles. The molecule has 0 fully saturated rings. The number of alkyl halides is 4. The second-order valence-electron chi connectivity index (χ2n) is 6.30. The average molecular weight is 425 g/mol. The van der Waals surface area contributed by atoms with Crippen LogP contribution in [0.2, 0.25) is 0 Å². The summed E-state index contributed by atoms with van der Waals surface area (Å²) in [5.74, 6) is -0.897. The van der Waals surface area contributed by atoms with Gasteiger partial charge in [-0.15, -0.1) is 11.6 Å². The first-order valence-corrected chi connectivity index (χ1v) is 9.26. The van der Waals surface area contributed by atoms with E-state index in [1.807, 2.05) is 0 Å². The summed E-state index contributed by atoms with van der Waals surface area (Å²) in [5, 5.41) is 3.70. The van der Waals surface area contributed by atoms with Gasteiger partial charge in [-0.3, -0.25) is 4.79 Å². The molecule has 1 heterocycles. The number of rotatable bonds is 6. The Bertz CT molecular complexity index is 960. The van der Waals surface area contributed by atoms with Crippen molar-refractivity contribution in [2.45, 2.75) is 25.6 Å². The van der Waals surface area contributed by atoms with Crippen molar-refractivity contribution in [1.82, 2.24) is 0 Å². The number of para-hydroxylation sites is 1. The van der Waals surface area contributed by atoms with Crippen LogP contribution in [0.4, 0.5) is 18.9 Å². The molecule has 0 atom stereocenters. The maximum atomic E-state index is 13.0. The Morgan fingerprint density at radius 3 is 2.62 bits per heavy atom. The fourth-order valence-electron chi connectivity index (χ4n) is 2.89. The number of carbonyl (C=O) groups excluding carboxylic acids is 2. The molecule has 0 N–H and O–H groups in total. The van der Waals surface area contributed by atoms with Gasteiger partial charge in [0.25, 0.3) is 5.91 Å². The van der Waals surface area contributed by atoms with Crippen LogP contribution in [0.1, 0.15) is 29.5 Å². The molecule has 0 unspecified atom stereocenters. The van der Waals surface area contributed by atoms with E-state index in [0.29, 0.717) is 23.2 Å². The van der Waals surface area contributed by atoms with Gasteiger partial charge in [0.15, 0.2) is 5.71 Å². The smallest absolute Gasteiger partial charge is 0.317 e. The molecule has 2 aromatic rings. The van der Waals surface area contributed by atoms with Crippen LogP contribution in [0.25, 0.3) is 0 Å². The van der Waals surface area contributed by atoms with Gasteiger partial charge in [-0.2, -0.15) is 13.2 Å². The van der Waals surface area contributed by atoms with Gasteiger partial charge in [0.2, 0.25) is 0 Å². The number of benzene rings is 2. The summed E-state index contributed by atoms with van der Waals surface area (Å²) in [5.41, 5.74) is 0.354. The Hall–Kier alpha value is -2.87. The summed E-state index contributed by atoms with van der Waals surface area (Å²) < 4.78 is 38.9. The fourth-order valence-corrected chi connectivity index (χ4v) is 3.02. The lowest BCUT2D eigenvalue weighted by atomic mass is 10.1. The Morgan fingerprint density at radius 1 is 1.14 bits per heavy atom. The molecule has 1 amide bonds. The van der Waals surface area contributed by atoms with Gasteiger partial charge in [-0.1, -0.05) is 35.5 Å². The summed E-state index contributed by atoms with van der Waals surface area (Å²) in [6, 6.07) is 11.4.